The summed E-state index contributed by atoms with van der Waals surface area (Å²) >= 11 is 3.15. The lowest BCUT2D eigenvalue weighted by molar-refractivity contribution is -0.0242. The molecule has 0 aromatic carbocycles. The van der Waals surface area contributed by atoms with Gasteiger partial charge < -0.3 is 15.1 Å². The summed E-state index contributed by atoms with van der Waals surface area (Å²) in [5.74, 6) is 0.805. The van der Waals surface area contributed by atoms with Crippen LogP contribution >= 0.6 is 23.1 Å². The van der Waals surface area contributed by atoms with Crippen LogP contribution in [0.15, 0.2) is 10.7 Å². The number of hydrogen-bond acceptors (Lipinski definition) is 8. The van der Waals surface area contributed by atoms with Gasteiger partial charge in [-0.2, -0.15) is 0 Å². The van der Waals surface area contributed by atoms with E-state index in [9.17, 15) is 10.2 Å². The zero-order valence-corrected chi connectivity index (χ0v) is 12.7. The van der Waals surface area contributed by atoms with Crippen molar-refractivity contribution >= 4 is 39.3 Å². The molecule has 1 saturated heterocycles. The average molecular weight is 312 g/mol. The fraction of sp³-hybridized carbons (Fsp3) is 0.583. The Kier molecular flexibility index (Phi) is 3.80. The van der Waals surface area contributed by atoms with Crippen LogP contribution < -0.4 is 4.90 Å². The maximum absolute atomic E-state index is 10.3. The predicted octanol–water partition coefficient (Wildman–Crippen LogP) is 1.13. The van der Waals surface area contributed by atoms with Crippen LogP contribution in [-0.2, 0) is 0 Å². The van der Waals surface area contributed by atoms with Crippen molar-refractivity contribution in [1.29, 1.82) is 0 Å². The summed E-state index contributed by atoms with van der Waals surface area (Å²) in [6, 6.07) is 0. The second-order valence-electron chi connectivity index (χ2n) is 4.94. The van der Waals surface area contributed by atoms with E-state index in [1.54, 1.807) is 23.1 Å². The summed E-state index contributed by atoms with van der Waals surface area (Å²) < 4.78 is 1.90. The molecule has 2 aromatic rings. The molecule has 2 aromatic heterocycles. The Morgan fingerprint density at radius 3 is 3.10 bits per heavy atom. The summed E-state index contributed by atoms with van der Waals surface area (Å²) in [7, 11) is 0. The molecule has 1 aliphatic heterocycles. The SMILES string of the molecule is CSc1nc2ncnc(N3CCCC(O)(CO)C3)c2s1. The summed E-state index contributed by atoms with van der Waals surface area (Å²) in [5.41, 5.74) is -0.342. The third-order valence-corrected chi connectivity index (χ3v) is 5.50. The van der Waals surface area contributed by atoms with Crippen LogP contribution in [0.4, 0.5) is 5.82 Å². The second-order valence-corrected chi connectivity index (χ2v) is 6.99. The zero-order valence-electron chi connectivity index (χ0n) is 11.1. The van der Waals surface area contributed by atoms with Crippen LogP contribution in [-0.4, -0.2) is 56.7 Å². The third-order valence-electron chi connectivity index (χ3n) is 3.48. The third kappa shape index (κ3) is 2.48. The van der Waals surface area contributed by atoms with E-state index < -0.39 is 5.60 Å². The molecule has 1 unspecified atom stereocenters. The van der Waals surface area contributed by atoms with Gasteiger partial charge in [0.15, 0.2) is 15.8 Å². The molecule has 0 bridgehead atoms. The smallest absolute Gasteiger partial charge is 0.176 e. The topological polar surface area (TPSA) is 82.4 Å². The molecule has 0 amide bonds. The average Bonchev–Trinajstić information content (AvgIpc) is 2.90. The number of fused-ring (bicyclic) bond motifs is 1. The summed E-state index contributed by atoms with van der Waals surface area (Å²) in [4.78, 5) is 15.0. The van der Waals surface area contributed by atoms with Gasteiger partial charge in [0.2, 0.25) is 0 Å². The summed E-state index contributed by atoms with van der Waals surface area (Å²) in [6.45, 7) is 0.986. The van der Waals surface area contributed by atoms with E-state index in [0.717, 1.165) is 27.8 Å². The highest BCUT2D eigenvalue weighted by molar-refractivity contribution is 8.00. The minimum atomic E-state index is -1.04. The first-order valence-corrected chi connectivity index (χ1v) is 8.43. The van der Waals surface area contributed by atoms with Crippen molar-refractivity contribution in [2.75, 3.05) is 30.9 Å². The van der Waals surface area contributed by atoms with E-state index >= 15 is 0 Å². The summed E-state index contributed by atoms with van der Waals surface area (Å²) in [5, 5.41) is 19.6. The van der Waals surface area contributed by atoms with Crippen molar-refractivity contribution in [3.8, 4) is 0 Å². The number of aliphatic hydroxyl groups is 2. The lowest BCUT2D eigenvalue weighted by Crippen LogP contribution is -2.50. The molecule has 6 nitrogen and oxygen atoms in total. The highest BCUT2D eigenvalue weighted by Crippen LogP contribution is 2.34. The van der Waals surface area contributed by atoms with Crippen LogP contribution in [0.3, 0.4) is 0 Å². The molecule has 2 N–H and O–H groups in total. The fourth-order valence-electron chi connectivity index (χ4n) is 2.46. The molecule has 3 heterocycles. The number of hydrogen-bond donors (Lipinski definition) is 2. The van der Waals surface area contributed by atoms with Crippen molar-refractivity contribution < 1.29 is 10.2 Å². The van der Waals surface area contributed by atoms with E-state index in [4.69, 9.17) is 0 Å². The van der Waals surface area contributed by atoms with Gasteiger partial charge in [0, 0.05) is 6.54 Å². The van der Waals surface area contributed by atoms with Gasteiger partial charge in [-0.15, -0.1) is 11.3 Å². The van der Waals surface area contributed by atoms with Crippen molar-refractivity contribution in [3.05, 3.63) is 6.33 Å². The Morgan fingerprint density at radius 2 is 2.35 bits per heavy atom. The lowest BCUT2D eigenvalue weighted by Gasteiger charge is -2.38. The maximum Gasteiger partial charge on any atom is 0.176 e. The number of aliphatic hydroxyl groups excluding tert-OH is 1. The number of anilines is 1. The van der Waals surface area contributed by atoms with E-state index in [1.165, 1.54) is 6.33 Å². The Bertz CT molecular complexity index is 621. The molecule has 1 aliphatic rings. The molecule has 3 rings (SSSR count). The van der Waals surface area contributed by atoms with Gasteiger partial charge in [-0.1, -0.05) is 11.8 Å². The molecule has 0 radical (unpaired) electrons. The highest BCUT2D eigenvalue weighted by Gasteiger charge is 2.34. The molecule has 1 atom stereocenters. The van der Waals surface area contributed by atoms with Gasteiger partial charge >= 0.3 is 0 Å². The van der Waals surface area contributed by atoms with Gasteiger partial charge in [0.05, 0.1) is 13.2 Å². The highest BCUT2D eigenvalue weighted by atomic mass is 32.2. The Hall–Kier alpha value is -0.960. The largest absolute Gasteiger partial charge is 0.393 e. The molecule has 20 heavy (non-hydrogen) atoms. The molecular weight excluding hydrogens is 296 g/mol. The van der Waals surface area contributed by atoms with E-state index in [2.05, 4.69) is 15.0 Å². The number of thiazole rings is 1. The van der Waals surface area contributed by atoms with Crippen molar-refractivity contribution in [3.63, 3.8) is 0 Å². The molecule has 8 heteroatoms. The van der Waals surface area contributed by atoms with Gasteiger partial charge in [0.1, 0.15) is 16.6 Å². The molecule has 108 valence electrons. The molecule has 0 spiro atoms. The molecule has 0 aliphatic carbocycles. The van der Waals surface area contributed by atoms with Crippen LogP contribution in [0, 0.1) is 0 Å². The molecule has 0 saturated carbocycles. The van der Waals surface area contributed by atoms with Crippen molar-refractivity contribution in [2.24, 2.45) is 0 Å². The quantitative estimate of drug-likeness (QED) is 0.822. The van der Waals surface area contributed by atoms with Gasteiger partial charge in [-0.3, -0.25) is 0 Å². The van der Waals surface area contributed by atoms with Crippen molar-refractivity contribution in [2.45, 2.75) is 22.8 Å². The molecule has 1 fully saturated rings. The first kappa shape index (κ1) is 14.0. The van der Waals surface area contributed by atoms with Crippen LogP contribution in [0.1, 0.15) is 12.8 Å². The fourth-order valence-corrected chi connectivity index (χ4v) is 3.99. The number of aromatic nitrogens is 3. The number of rotatable bonds is 3. The van der Waals surface area contributed by atoms with Crippen LogP contribution in [0.2, 0.25) is 0 Å². The predicted molar refractivity (Wildman–Crippen MR) is 80.5 cm³/mol. The zero-order chi connectivity index (χ0) is 14.2. The Morgan fingerprint density at radius 1 is 1.50 bits per heavy atom. The molecular formula is C12H16N4O2S2. The van der Waals surface area contributed by atoms with E-state index in [1.807, 2.05) is 11.2 Å². The van der Waals surface area contributed by atoms with Gasteiger partial charge in [-0.25, -0.2) is 15.0 Å². The minimum absolute atomic E-state index is 0.226. The van der Waals surface area contributed by atoms with Crippen LogP contribution in [0.25, 0.3) is 10.3 Å². The minimum Gasteiger partial charge on any atom is -0.393 e. The number of nitrogens with zero attached hydrogens (tertiary/aromatic N) is 4. The standard InChI is InChI=1S/C12H16N4O2S2/c1-19-11-15-9-8(20-11)10(14-7-13-9)16-4-2-3-12(18,5-16)6-17/h7,17-18H,2-6H2,1H3. The maximum atomic E-state index is 10.3. The normalized spacial score (nSPS) is 23.4. The number of thioether (sulfide) groups is 1. The Labute approximate surface area is 124 Å². The van der Waals surface area contributed by atoms with Gasteiger partial charge in [-0.05, 0) is 19.1 Å². The summed E-state index contributed by atoms with van der Waals surface area (Å²) in [6.07, 6.45) is 4.94. The number of β-amino-alcohol motifs (C(OH)–C–C–N with tert-alkyl or cyclic N) is 1. The monoisotopic (exact) mass is 312 g/mol. The second kappa shape index (κ2) is 5.44. The first-order valence-electron chi connectivity index (χ1n) is 6.39. The van der Waals surface area contributed by atoms with Gasteiger partial charge in [0.25, 0.3) is 0 Å². The lowest BCUT2D eigenvalue weighted by atomic mass is 9.94. The van der Waals surface area contributed by atoms with Crippen molar-refractivity contribution in [1.82, 2.24) is 15.0 Å². The Balaban J connectivity index is 1.99. The van der Waals surface area contributed by atoms with Crippen LogP contribution in [0.5, 0.6) is 0 Å². The van der Waals surface area contributed by atoms with E-state index in [0.29, 0.717) is 18.6 Å². The first-order chi connectivity index (χ1) is 9.65. The van der Waals surface area contributed by atoms with E-state index in [-0.39, 0.29) is 6.61 Å². The number of piperidine rings is 1.